The molecule has 0 N–H and O–H groups in total. The highest BCUT2D eigenvalue weighted by Gasteiger charge is 2.26. The van der Waals surface area contributed by atoms with E-state index in [9.17, 15) is 13.2 Å². The number of hydrogen-bond donors (Lipinski definition) is 0. The van der Waals surface area contributed by atoms with Crippen LogP contribution in [-0.4, -0.2) is 16.9 Å². The summed E-state index contributed by atoms with van der Waals surface area (Å²) in [5.41, 5.74) is 1.88. The first-order valence-electron chi connectivity index (χ1n) is 4.99. The van der Waals surface area contributed by atoms with E-state index in [0.29, 0.717) is 0 Å². The molecule has 0 aromatic carbocycles. The number of nitrogens with zero attached hydrogens (tertiary/aromatic N) is 1. The first-order valence-corrected chi connectivity index (χ1v) is 6.04. The molecule has 16 heavy (non-hydrogen) atoms. The van der Waals surface area contributed by atoms with Crippen LogP contribution in [0.25, 0.3) is 0 Å². The summed E-state index contributed by atoms with van der Waals surface area (Å²) in [6, 6.07) is 3.78. The second-order valence-corrected chi connectivity index (χ2v) is 5.09. The summed E-state index contributed by atoms with van der Waals surface area (Å²) in [4.78, 5) is 4.19. The number of thioether (sulfide) groups is 1. The van der Waals surface area contributed by atoms with Crippen LogP contribution in [0.3, 0.4) is 0 Å². The van der Waals surface area contributed by atoms with Crippen molar-refractivity contribution in [1.29, 1.82) is 0 Å². The van der Waals surface area contributed by atoms with Crippen LogP contribution >= 0.6 is 11.8 Å². The highest BCUT2D eigenvalue weighted by Crippen LogP contribution is 2.30. The number of pyridine rings is 1. The molecular weight excluding hydrogens is 235 g/mol. The molecule has 0 aliphatic carbocycles. The highest BCUT2D eigenvalue weighted by molar-refractivity contribution is 7.99. The molecule has 0 radical (unpaired) electrons. The van der Waals surface area contributed by atoms with Crippen molar-refractivity contribution in [2.24, 2.45) is 0 Å². The van der Waals surface area contributed by atoms with Gasteiger partial charge < -0.3 is 0 Å². The molecule has 1 aromatic heterocycles. The van der Waals surface area contributed by atoms with E-state index in [1.807, 2.05) is 26.0 Å². The molecule has 0 fully saturated rings. The third-order valence-electron chi connectivity index (χ3n) is 2.10. The Morgan fingerprint density at radius 1 is 1.38 bits per heavy atom. The molecule has 90 valence electrons. The van der Waals surface area contributed by atoms with E-state index in [2.05, 4.69) is 4.98 Å². The summed E-state index contributed by atoms with van der Waals surface area (Å²) < 4.78 is 35.8. The van der Waals surface area contributed by atoms with Gasteiger partial charge in [-0.3, -0.25) is 4.98 Å². The average molecular weight is 249 g/mol. The number of rotatable bonds is 4. The lowest BCUT2D eigenvalue weighted by Crippen LogP contribution is -2.08. The quantitative estimate of drug-likeness (QED) is 0.795. The maximum absolute atomic E-state index is 11.9. The van der Waals surface area contributed by atoms with Crippen LogP contribution in [-0.2, 0) is 0 Å². The predicted octanol–water partition coefficient (Wildman–Crippen LogP) is 4.14. The standard InChI is InChI=1S/C11H14F3NS/c1-8-3-4-10(15-7-8)9(2)16-6-5-11(12,13)14/h3-4,7,9H,5-6H2,1-2H3. The van der Waals surface area contributed by atoms with Crippen LogP contribution in [0.1, 0.15) is 29.9 Å². The van der Waals surface area contributed by atoms with Crippen LogP contribution in [0.5, 0.6) is 0 Å². The molecule has 1 rings (SSSR count). The van der Waals surface area contributed by atoms with E-state index in [1.165, 1.54) is 11.8 Å². The summed E-state index contributed by atoms with van der Waals surface area (Å²) in [6.07, 6.45) is -3.07. The van der Waals surface area contributed by atoms with E-state index in [-0.39, 0.29) is 11.0 Å². The van der Waals surface area contributed by atoms with Crippen LogP contribution in [0.4, 0.5) is 13.2 Å². The van der Waals surface area contributed by atoms with E-state index in [4.69, 9.17) is 0 Å². The topological polar surface area (TPSA) is 12.9 Å². The average Bonchev–Trinajstić information content (AvgIpc) is 2.16. The fourth-order valence-corrected chi connectivity index (χ4v) is 2.17. The van der Waals surface area contributed by atoms with Gasteiger partial charge in [0.1, 0.15) is 0 Å². The Hall–Kier alpha value is -0.710. The van der Waals surface area contributed by atoms with E-state index >= 15 is 0 Å². The molecule has 1 heterocycles. The van der Waals surface area contributed by atoms with E-state index in [0.717, 1.165) is 11.3 Å². The fraction of sp³-hybridized carbons (Fsp3) is 0.545. The molecule has 0 spiro atoms. The van der Waals surface area contributed by atoms with Gasteiger partial charge in [-0.2, -0.15) is 24.9 Å². The van der Waals surface area contributed by atoms with E-state index < -0.39 is 12.6 Å². The van der Waals surface area contributed by atoms with Crippen molar-refractivity contribution in [2.45, 2.75) is 31.7 Å². The van der Waals surface area contributed by atoms with Gasteiger partial charge in [-0.1, -0.05) is 6.07 Å². The molecule has 5 heteroatoms. The summed E-state index contributed by atoms with van der Waals surface area (Å²) >= 11 is 1.28. The maximum Gasteiger partial charge on any atom is 0.389 e. The van der Waals surface area contributed by atoms with Crippen molar-refractivity contribution in [3.05, 3.63) is 29.6 Å². The van der Waals surface area contributed by atoms with Gasteiger partial charge in [-0.15, -0.1) is 0 Å². The zero-order valence-corrected chi connectivity index (χ0v) is 10.0. The number of aromatic nitrogens is 1. The van der Waals surface area contributed by atoms with Crippen molar-refractivity contribution < 1.29 is 13.2 Å². The van der Waals surface area contributed by atoms with E-state index in [1.54, 1.807) is 6.20 Å². The molecule has 0 bridgehead atoms. The van der Waals surface area contributed by atoms with Gasteiger partial charge in [-0.05, 0) is 25.5 Å². The summed E-state index contributed by atoms with van der Waals surface area (Å²) in [5, 5.41) is 0.00273. The minimum Gasteiger partial charge on any atom is -0.260 e. The summed E-state index contributed by atoms with van der Waals surface area (Å²) in [7, 11) is 0. The van der Waals surface area contributed by atoms with Gasteiger partial charge in [0, 0.05) is 17.2 Å². The van der Waals surface area contributed by atoms with Gasteiger partial charge in [-0.25, -0.2) is 0 Å². The zero-order chi connectivity index (χ0) is 12.2. The number of hydrogen-bond acceptors (Lipinski definition) is 2. The van der Waals surface area contributed by atoms with Gasteiger partial charge in [0.05, 0.1) is 12.1 Å². The molecule has 1 unspecified atom stereocenters. The Morgan fingerprint density at radius 2 is 2.06 bits per heavy atom. The normalized spacial score (nSPS) is 13.8. The second kappa shape index (κ2) is 5.57. The summed E-state index contributed by atoms with van der Waals surface area (Å²) in [6.45, 7) is 3.80. The van der Waals surface area contributed by atoms with Crippen molar-refractivity contribution in [3.8, 4) is 0 Å². The summed E-state index contributed by atoms with van der Waals surface area (Å²) in [5.74, 6) is 0.0836. The molecule has 0 aliphatic heterocycles. The Bertz CT molecular complexity index is 321. The highest BCUT2D eigenvalue weighted by atomic mass is 32.2. The zero-order valence-electron chi connectivity index (χ0n) is 9.21. The molecule has 0 saturated carbocycles. The van der Waals surface area contributed by atoms with Crippen LogP contribution in [0.15, 0.2) is 18.3 Å². The Kier molecular flexibility index (Phi) is 4.65. The largest absolute Gasteiger partial charge is 0.389 e. The fourth-order valence-electron chi connectivity index (χ4n) is 1.16. The van der Waals surface area contributed by atoms with Gasteiger partial charge in [0.25, 0.3) is 0 Å². The molecule has 0 amide bonds. The minimum atomic E-state index is -4.06. The van der Waals surface area contributed by atoms with Gasteiger partial charge >= 0.3 is 6.18 Å². The lowest BCUT2D eigenvalue weighted by Gasteiger charge is -2.11. The van der Waals surface area contributed by atoms with Crippen molar-refractivity contribution in [1.82, 2.24) is 4.98 Å². The second-order valence-electron chi connectivity index (χ2n) is 3.64. The van der Waals surface area contributed by atoms with Crippen molar-refractivity contribution >= 4 is 11.8 Å². The monoisotopic (exact) mass is 249 g/mol. The van der Waals surface area contributed by atoms with Gasteiger partial charge in [0.2, 0.25) is 0 Å². The number of alkyl halides is 3. The molecule has 1 nitrogen and oxygen atoms in total. The first kappa shape index (κ1) is 13.4. The Labute approximate surface area is 97.5 Å². The minimum absolute atomic E-state index is 0.00273. The lowest BCUT2D eigenvalue weighted by atomic mass is 10.2. The predicted molar refractivity (Wildman–Crippen MR) is 60.5 cm³/mol. The SMILES string of the molecule is Cc1ccc(C(C)SCCC(F)(F)F)nc1. The van der Waals surface area contributed by atoms with Crippen LogP contribution in [0.2, 0.25) is 0 Å². The lowest BCUT2D eigenvalue weighted by molar-refractivity contribution is -0.129. The van der Waals surface area contributed by atoms with Crippen molar-refractivity contribution in [3.63, 3.8) is 0 Å². The first-order chi connectivity index (χ1) is 7.38. The maximum atomic E-state index is 11.9. The van der Waals surface area contributed by atoms with Crippen LogP contribution < -0.4 is 0 Å². The Balaban J connectivity index is 2.41. The number of aryl methyl sites for hydroxylation is 1. The molecular formula is C11H14F3NS. The number of halogens is 3. The molecule has 0 aliphatic rings. The third kappa shape index (κ3) is 4.88. The smallest absolute Gasteiger partial charge is 0.260 e. The third-order valence-corrected chi connectivity index (χ3v) is 3.29. The van der Waals surface area contributed by atoms with Gasteiger partial charge in [0.15, 0.2) is 0 Å². The molecule has 1 aromatic rings. The molecule has 0 saturated heterocycles. The van der Waals surface area contributed by atoms with Crippen LogP contribution in [0, 0.1) is 6.92 Å². The molecule has 1 atom stereocenters. The van der Waals surface area contributed by atoms with Crippen molar-refractivity contribution in [2.75, 3.05) is 5.75 Å². The Morgan fingerprint density at radius 3 is 2.56 bits per heavy atom.